The van der Waals surface area contributed by atoms with Crippen LogP contribution < -0.4 is 10.5 Å². The van der Waals surface area contributed by atoms with Crippen LogP contribution in [-0.4, -0.2) is 6.54 Å². The first-order chi connectivity index (χ1) is 11.5. The number of halogens is 3. The van der Waals surface area contributed by atoms with Gasteiger partial charge in [0.15, 0.2) is 0 Å². The van der Waals surface area contributed by atoms with Crippen LogP contribution in [0.3, 0.4) is 0 Å². The highest BCUT2D eigenvalue weighted by Crippen LogP contribution is 2.32. The number of nitrogens with two attached hydrogens (primary N) is 1. The van der Waals surface area contributed by atoms with Crippen LogP contribution in [0.2, 0.25) is 0 Å². The first-order valence-corrected chi connectivity index (χ1v) is 8.09. The van der Waals surface area contributed by atoms with E-state index in [1.165, 1.54) is 12.1 Å². The summed E-state index contributed by atoms with van der Waals surface area (Å²) in [6.07, 6.45) is -0.791. The molecule has 0 aliphatic heterocycles. The van der Waals surface area contributed by atoms with Crippen molar-refractivity contribution in [1.29, 1.82) is 0 Å². The van der Waals surface area contributed by atoms with E-state index in [0.717, 1.165) is 43.4 Å². The molecule has 0 heterocycles. The van der Waals surface area contributed by atoms with Crippen LogP contribution >= 0.6 is 0 Å². The van der Waals surface area contributed by atoms with E-state index in [1.807, 2.05) is 30.3 Å². The molecule has 24 heavy (non-hydrogen) atoms. The second-order valence-corrected chi connectivity index (χ2v) is 5.68. The molecule has 0 saturated carbocycles. The molecule has 130 valence electrons. The van der Waals surface area contributed by atoms with Gasteiger partial charge in [-0.15, -0.1) is 0 Å². The third-order valence-corrected chi connectivity index (χ3v) is 3.80. The maximum atomic E-state index is 12.6. The van der Waals surface area contributed by atoms with Crippen LogP contribution in [0.25, 0.3) is 0 Å². The molecule has 2 rings (SSSR count). The molecule has 0 aromatic heterocycles. The van der Waals surface area contributed by atoms with E-state index in [-0.39, 0.29) is 6.10 Å². The Morgan fingerprint density at radius 2 is 1.54 bits per heavy atom. The minimum atomic E-state index is -4.33. The van der Waals surface area contributed by atoms with E-state index in [2.05, 4.69) is 0 Å². The van der Waals surface area contributed by atoms with Crippen molar-refractivity contribution in [2.24, 2.45) is 5.73 Å². The van der Waals surface area contributed by atoms with Gasteiger partial charge in [-0.3, -0.25) is 0 Å². The van der Waals surface area contributed by atoms with E-state index >= 15 is 0 Å². The van der Waals surface area contributed by atoms with Crippen molar-refractivity contribution in [3.05, 3.63) is 65.7 Å². The number of ether oxygens (including phenoxy) is 1. The molecule has 0 fully saturated rings. The summed E-state index contributed by atoms with van der Waals surface area (Å²) in [6, 6.07) is 14.6. The second kappa shape index (κ2) is 8.73. The van der Waals surface area contributed by atoms with Crippen molar-refractivity contribution in [2.45, 2.75) is 38.0 Å². The van der Waals surface area contributed by atoms with Crippen molar-refractivity contribution in [3.63, 3.8) is 0 Å². The minimum Gasteiger partial charge on any atom is -0.486 e. The molecule has 2 aromatic rings. The molecule has 0 aliphatic carbocycles. The van der Waals surface area contributed by atoms with Gasteiger partial charge < -0.3 is 10.5 Å². The number of hydrogen-bond acceptors (Lipinski definition) is 2. The third kappa shape index (κ3) is 5.57. The van der Waals surface area contributed by atoms with Crippen LogP contribution in [-0.2, 0) is 6.18 Å². The monoisotopic (exact) mass is 337 g/mol. The Balaban J connectivity index is 2.07. The fourth-order valence-electron chi connectivity index (χ4n) is 2.50. The van der Waals surface area contributed by atoms with Crippen molar-refractivity contribution in [3.8, 4) is 5.75 Å². The molecule has 0 amide bonds. The molecule has 0 spiro atoms. The largest absolute Gasteiger partial charge is 0.486 e. The zero-order chi connectivity index (χ0) is 17.4. The van der Waals surface area contributed by atoms with Gasteiger partial charge in [-0.25, -0.2) is 0 Å². The average Bonchev–Trinajstić information content (AvgIpc) is 2.58. The smallest absolute Gasteiger partial charge is 0.416 e. The number of hydrogen-bond donors (Lipinski definition) is 1. The summed E-state index contributed by atoms with van der Waals surface area (Å²) in [6.45, 7) is 0.662. The Labute approximate surface area is 140 Å². The number of unbranched alkanes of at least 4 members (excludes halogenated alkanes) is 2. The quantitative estimate of drug-likeness (QED) is 0.660. The summed E-state index contributed by atoms with van der Waals surface area (Å²) in [5, 5.41) is 0. The molecular weight excluding hydrogens is 315 g/mol. The van der Waals surface area contributed by atoms with Gasteiger partial charge in [0, 0.05) is 0 Å². The lowest BCUT2D eigenvalue weighted by Crippen LogP contribution is -2.09. The summed E-state index contributed by atoms with van der Waals surface area (Å²) in [7, 11) is 0. The van der Waals surface area contributed by atoms with E-state index in [9.17, 15) is 13.2 Å². The Hall–Kier alpha value is -2.01. The maximum Gasteiger partial charge on any atom is 0.416 e. The summed E-state index contributed by atoms with van der Waals surface area (Å²) in [5.74, 6) is 0.440. The van der Waals surface area contributed by atoms with E-state index in [0.29, 0.717) is 12.3 Å². The molecule has 2 nitrogen and oxygen atoms in total. The Morgan fingerprint density at radius 1 is 0.875 bits per heavy atom. The second-order valence-electron chi connectivity index (χ2n) is 5.68. The zero-order valence-corrected chi connectivity index (χ0v) is 13.4. The van der Waals surface area contributed by atoms with Crippen molar-refractivity contribution < 1.29 is 17.9 Å². The highest BCUT2D eigenvalue weighted by Gasteiger charge is 2.30. The maximum absolute atomic E-state index is 12.6. The summed E-state index contributed by atoms with van der Waals surface area (Å²) >= 11 is 0. The molecule has 0 radical (unpaired) electrons. The Morgan fingerprint density at radius 3 is 2.12 bits per heavy atom. The molecule has 1 unspecified atom stereocenters. The topological polar surface area (TPSA) is 35.2 Å². The molecule has 2 aromatic carbocycles. The van der Waals surface area contributed by atoms with Gasteiger partial charge >= 0.3 is 6.18 Å². The fraction of sp³-hybridized carbons (Fsp3) is 0.368. The van der Waals surface area contributed by atoms with Gasteiger partial charge in [-0.1, -0.05) is 36.8 Å². The van der Waals surface area contributed by atoms with Gasteiger partial charge in [0.1, 0.15) is 11.9 Å². The number of benzene rings is 2. The van der Waals surface area contributed by atoms with Crippen molar-refractivity contribution >= 4 is 0 Å². The predicted molar refractivity (Wildman–Crippen MR) is 88.8 cm³/mol. The lowest BCUT2D eigenvalue weighted by atomic mass is 10.0. The van der Waals surface area contributed by atoms with Crippen LogP contribution in [0.4, 0.5) is 13.2 Å². The molecule has 0 aliphatic rings. The third-order valence-electron chi connectivity index (χ3n) is 3.80. The van der Waals surface area contributed by atoms with Gasteiger partial charge in [0.05, 0.1) is 5.56 Å². The normalized spacial score (nSPS) is 12.8. The molecule has 0 bridgehead atoms. The molecule has 5 heteroatoms. The lowest BCUT2D eigenvalue weighted by Gasteiger charge is -2.20. The Kier molecular flexibility index (Phi) is 6.67. The predicted octanol–water partition coefficient (Wildman–Crippen LogP) is 5.34. The van der Waals surface area contributed by atoms with Gasteiger partial charge in [-0.2, -0.15) is 13.2 Å². The first-order valence-electron chi connectivity index (χ1n) is 8.09. The van der Waals surface area contributed by atoms with Crippen LogP contribution in [0.15, 0.2) is 54.6 Å². The first kappa shape index (κ1) is 18.3. The summed E-state index contributed by atoms with van der Waals surface area (Å²) < 4.78 is 43.9. The van der Waals surface area contributed by atoms with Crippen LogP contribution in [0.5, 0.6) is 5.75 Å². The van der Waals surface area contributed by atoms with E-state index < -0.39 is 11.7 Å². The van der Waals surface area contributed by atoms with E-state index in [4.69, 9.17) is 10.5 Å². The van der Waals surface area contributed by atoms with Crippen LogP contribution in [0, 0.1) is 0 Å². The van der Waals surface area contributed by atoms with Gasteiger partial charge in [-0.05, 0) is 55.6 Å². The highest BCUT2D eigenvalue weighted by atomic mass is 19.4. The fourth-order valence-corrected chi connectivity index (χ4v) is 2.50. The number of alkyl halides is 3. The average molecular weight is 337 g/mol. The standard InChI is InChI=1S/C19H22F3NO/c20-19(21,22)16-10-12-17(13-11-16)24-18(9-5-2-6-14-23)15-7-3-1-4-8-15/h1,3-4,7-8,10-13,18H,2,5-6,9,14,23H2. The minimum absolute atomic E-state index is 0.180. The van der Waals surface area contributed by atoms with Crippen molar-refractivity contribution in [2.75, 3.05) is 6.54 Å². The summed E-state index contributed by atoms with van der Waals surface area (Å²) in [5.41, 5.74) is 5.85. The molecule has 0 saturated heterocycles. The van der Waals surface area contributed by atoms with Gasteiger partial charge in [0.2, 0.25) is 0 Å². The Bertz CT molecular complexity index is 596. The van der Waals surface area contributed by atoms with E-state index in [1.54, 1.807) is 0 Å². The zero-order valence-electron chi connectivity index (χ0n) is 13.4. The van der Waals surface area contributed by atoms with Crippen LogP contribution in [0.1, 0.15) is 42.9 Å². The molecule has 1 atom stereocenters. The molecular formula is C19H22F3NO. The summed E-state index contributed by atoms with van der Waals surface area (Å²) in [4.78, 5) is 0. The lowest BCUT2D eigenvalue weighted by molar-refractivity contribution is -0.137. The molecule has 2 N–H and O–H groups in total. The number of rotatable bonds is 8. The SMILES string of the molecule is NCCCCCC(Oc1ccc(C(F)(F)F)cc1)c1ccccc1. The van der Waals surface area contributed by atoms with Gasteiger partial charge in [0.25, 0.3) is 0 Å². The van der Waals surface area contributed by atoms with Crippen molar-refractivity contribution in [1.82, 2.24) is 0 Å². The highest BCUT2D eigenvalue weighted by molar-refractivity contribution is 5.30.